The Kier molecular flexibility index (Phi) is 6.38. The van der Waals surface area contributed by atoms with Gasteiger partial charge in [-0.1, -0.05) is 6.07 Å². The number of hydrogen-bond acceptors (Lipinski definition) is 4. The average Bonchev–Trinajstić information content (AvgIpc) is 2.14. The van der Waals surface area contributed by atoms with Crippen LogP contribution in [0.2, 0.25) is 0 Å². The van der Waals surface area contributed by atoms with Crippen LogP contribution >= 0.6 is 15.2 Å². The molecule has 0 aromatic carbocycles. The summed E-state index contributed by atoms with van der Waals surface area (Å²) >= 11 is 0. The molecule has 0 amide bonds. The summed E-state index contributed by atoms with van der Waals surface area (Å²) in [5.74, 6) is 0. The van der Waals surface area contributed by atoms with Gasteiger partial charge in [-0.3, -0.25) is 14.1 Å². The van der Waals surface area contributed by atoms with E-state index in [2.05, 4.69) is 4.98 Å². The molecule has 5 N–H and O–H groups in total. The Hall–Kier alpha value is 0.410. The van der Waals surface area contributed by atoms with Crippen LogP contribution in [0.5, 0.6) is 0 Å². The summed E-state index contributed by atoms with van der Waals surface area (Å²) in [5, 5.41) is 6.92. The minimum atomic E-state index is -5.18. The van der Waals surface area contributed by atoms with Gasteiger partial charge in [-0.15, -0.1) is 0 Å². The predicted molar refractivity (Wildman–Crippen MR) is 64.2 cm³/mol. The number of nitrogens with zero attached hydrogens (tertiary/aromatic N) is 1. The van der Waals surface area contributed by atoms with Crippen molar-refractivity contribution in [2.45, 2.75) is 5.34 Å². The van der Waals surface area contributed by atoms with Gasteiger partial charge in [0.1, 0.15) is 0 Å². The third kappa shape index (κ3) is 4.51. The minimum absolute atomic E-state index is 0. The van der Waals surface area contributed by atoms with Crippen molar-refractivity contribution in [1.82, 2.24) is 4.98 Å². The summed E-state index contributed by atoms with van der Waals surface area (Å²) in [6.07, 6.45) is 0.853. The maximum absolute atomic E-state index is 11.2. The van der Waals surface area contributed by atoms with Crippen LogP contribution in [0.4, 0.5) is 0 Å². The third-order valence-electron chi connectivity index (χ3n) is 2.03. The van der Waals surface area contributed by atoms with Gasteiger partial charge in [0.2, 0.25) is 5.34 Å². The Labute approximate surface area is 125 Å². The van der Waals surface area contributed by atoms with Crippen LogP contribution in [0.3, 0.4) is 0 Å². The van der Waals surface area contributed by atoms with E-state index >= 15 is 0 Å². The van der Waals surface area contributed by atoms with Gasteiger partial charge in [0.15, 0.2) is 0 Å². The molecule has 11 heteroatoms. The fourth-order valence-electron chi connectivity index (χ4n) is 1.24. The number of hydrogen-bond donors (Lipinski definition) is 5. The van der Waals surface area contributed by atoms with Gasteiger partial charge in [0, 0.05) is 18.0 Å². The van der Waals surface area contributed by atoms with Crippen LogP contribution in [-0.4, -0.2) is 65.4 Å². The number of rotatable bonds is 4. The molecule has 8 nitrogen and oxygen atoms in total. The zero-order valence-corrected chi connectivity index (χ0v) is 10.2. The van der Waals surface area contributed by atoms with Crippen molar-refractivity contribution in [1.29, 1.82) is 0 Å². The van der Waals surface area contributed by atoms with Gasteiger partial charge in [0.25, 0.3) is 0 Å². The number of pyridine rings is 1. The van der Waals surface area contributed by atoms with Crippen molar-refractivity contribution in [2.24, 2.45) is 0 Å². The summed E-state index contributed by atoms with van der Waals surface area (Å²) in [4.78, 5) is 39.2. The van der Waals surface area contributed by atoms with Gasteiger partial charge in [-0.25, -0.2) is 0 Å². The Morgan fingerprint density at radius 2 is 1.78 bits per heavy atom. The van der Waals surface area contributed by atoms with Gasteiger partial charge < -0.3 is 24.7 Å². The molecule has 18 heavy (non-hydrogen) atoms. The first-order valence-corrected chi connectivity index (χ1v) is 7.70. The summed E-state index contributed by atoms with van der Waals surface area (Å²) in [6, 6.07) is 2.41. The Morgan fingerprint density at radius 3 is 2.11 bits per heavy atom. The standard InChI is InChI=1S/C7H11NO7P2.Na.H/c9-7(17(13,14)15,5-16(10,11)12)6-2-1-3-8-4-6;;/h1-4,9H,5H2,(H2,10,11,12)(H2,13,14,15);;. The van der Waals surface area contributed by atoms with E-state index in [4.69, 9.17) is 19.6 Å². The molecule has 0 fully saturated rings. The van der Waals surface area contributed by atoms with Crippen molar-refractivity contribution in [3.05, 3.63) is 30.1 Å². The molecule has 0 aliphatic carbocycles. The zero-order chi connectivity index (χ0) is 13.3. The summed E-state index contributed by atoms with van der Waals surface area (Å²) in [7, 11) is -10.0. The number of aromatic nitrogens is 1. The van der Waals surface area contributed by atoms with Crippen molar-refractivity contribution in [2.75, 3.05) is 6.16 Å². The predicted octanol–water partition coefficient (Wildman–Crippen LogP) is -1.07. The second-order valence-corrected chi connectivity index (χ2v) is 6.90. The van der Waals surface area contributed by atoms with E-state index in [0.717, 1.165) is 12.3 Å². The van der Waals surface area contributed by atoms with Crippen molar-refractivity contribution < 1.29 is 33.8 Å². The van der Waals surface area contributed by atoms with Gasteiger partial charge >= 0.3 is 44.7 Å². The van der Waals surface area contributed by atoms with Crippen LogP contribution in [0.15, 0.2) is 24.5 Å². The van der Waals surface area contributed by atoms with E-state index in [1.807, 2.05) is 0 Å². The van der Waals surface area contributed by atoms with Gasteiger partial charge in [-0.05, 0) is 6.07 Å². The molecule has 98 valence electrons. The topological polar surface area (TPSA) is 148 Å². The van der Waals surface area contributed by atoms with Crippen LogP contribution in [-0.2, 0) is 14.5 Å². The number of aliphatic hydroxyl groups is 1. The van der Waals surface area contributed by atoms with Crippen molar-refractivity contribution >= 4 is 44.7 Å². The van der Waals surface area contributed by atoms with E-state index in [0.29, 0.717) is 0 Å². The first-order chi connectivity index (χ1) is 7.56. The second-order valence-electron chi connectivity index (χ2n) is 3.43. The monoisotopic (exact) mass is 307 g/mol. The fraction of sp³-hybridized carbons (Fsp3) is 0.286. The Bertz CT molecular complexity index is 486. The molecule has 1 rings (SSSR count). The van der Waals surface area contributed by atoms with E-state index in [-0.39, 0.29) is 35.1 Å². The molecule has 1 atom stereocenters. The molecule has 0 radical (unpaired) electrons. The molecule has 0 bridgehead atoms. The SMILES string of the molecule is O=P(O)(O)CC(O)(c1cccnc1)P(=O)(O)O.[NaH]. The fourth-order valence-corrected chi connectivity index (χ4v) is 3.75. The molecule has 0 aliphatic heterocycles. The second kappa shape index (κ2) is 6.24. The van der Waals surface area contributed by atoms with Crippen molar-refractivity contribution in [3.8, 4) is 0 Å². The van der Waals surface area contributed by atoms with E-state index < -0.39 is 26.7 Å². The molecule has 0 spiro atoms. The molecule has 0 saturated heterocycles. The Morgan fingerprint density at radius 1 is 1.22 bits per heavy atom. The molecular formula is C7H12NNaO7P2. The molecule has 1 aromatic rings. The molecule has 0 saturated carbocycles. The quantitative estimate of drug-likeness (QED) is 0.349. The molecule has 1 heterocycles. The van der Waals surface area contributed by atoms with Gasteiger partial charge in [0.05, 0.1) is 6.16 Å². The molecule has 0 aliphatic rings. The van der Waals surface area contributed by atoms with Crippen LogP contribution < -0.4 is 0 Å². The summed E-state index contributed by atoms with van der Waals surface area (Å²) in [5.41, 5.74) is -0.350. The Balaban J connectivity index is 0.00000289. The molecule has 1 unspecified atom stereocenters. The van der Waals surface area contributed by atoms with Crippen LogP contribution in [0.25, 0.3) is 0 Å². The van der Waals surface area contributed by atoms with E-state index in [1.165, 1.54) is 12.3 Å². The van der Waals surface area contributed by atoms with Crippen LogP contribution in [0, 0.1) is 0 Å². The molecular weight excluding hydrogens is 295 g/mol. The van der Waals surface area contributed by atoms with Gasteiger partial charge in [-0.2, -0.15) is 0 Å². The average molecular weight is 307 g/mol. The third-order valence-corrected chi connectivity index (χ3v) is 4.53. The maximum atomic E-state index is 11.2. The molecule has 1 aromatic heterocycles. The zero-order valence-electron chi connectivity index (χ0n) is 8.41. The first-order valence-electron chi connectivity index (χ1n) is 4.29. The normalized spacial score (nSPS) is 15.6. The summed E-state index contributed by atoms with van der Waals surface area (Å²) in [6.45, 7) is 0. The first kappa shape index (κ1) is 18.4. The van der Waals surface area contributed by atoms with E-state index in [1.54, 1.807) is 0 Å². The van der Waals surface area contributed by atoms with E-state index in [9.17, 15) is 14.2 Å². The van der Waals surface area contributed by atoms with Crippen LogP contribution in [0.1, 0.15) is 5.56 Å². The van der Waals surface area contributed by atoms with Crippen molar-refractivity contribution in [3.63, 3.8) is 0 Å². The summed E-state index contributed by atoms with van der Waals surface area (Å²) < 4.78 is 22.0.